The number of nitrogens with zero attached hydrogens (tertiary/aromatic N) is 2. The molecule has 138 valence electrons. The first-order chi connectivity index (χ1) is 12.6. The number of rotatable bonds is 9. The second-order valence-electron chi connectivity index (χ2n) is 6.68. The van der Waals surface area contributed by atoms with E-state index in [9.17, 15) is 9.28 Å². The number of anilines is 1. The summed E-state index contributed by atoms with van der Waals surface area (Å²) in [6.07, 6.45) is 9.83. The largest absolute Gasteiger partial charge is 0.365 e. The topological polar surface area (TPSA) is 75.0 Å². The van der Waals surface area contributed by atoms with Crippen molar-refractivity contribution in [3.63, 3.8) is 0 Å². The summed E-state index contributed by atoms with van der Waals surface area (Å²) in [6, 6.07) is 5.35. The standard InChI is InChI=1S/C20H25FN4O/c1-2-3-4-5-6-7-10-25(21)14-8-9-18-15(11-14)16-12-23-13-17(20(22)26)19(16)24-18/h8-9,11-13,24H,2-7,10H2,1H3,(H2,22,26). The Balaban J connectivity index is 1.77. The molecule has 0 aliphatic rings. The molecular formula is C20H25FN4O. The summed E-state index contributed by atoms with van der Waals surface area (Å²) < 4.78 is 14.5. The SMILES string of the molecule is CCCCCCCCN(F)c1ccc2[nH]c3c(C(N)=O)cncc3c2c1. The smallest absolute Gasteiger partial charge is 0.252 e. The molecule has 2 aromatic heterocycles. The van der Waals surface area contributed by atoms with Gasteiger partial charge >= 0.3 is 0 Å². The number of hydrogen-bond donors (Lipinski definition) is 2. The van der Waals surface area contributed by atoms with Crippen LogP contribution < -0.4 is 10.9 Å². The van der Waals surface area contributed by atoms with E-state index in [0.717, 1.165) is 40.7 Å². The van der Waals surface area contributed by atoms with Crippen LogP contribution in [0.25, 0.3) is 21.8 Å². The summed E-state index contributed by atoms with van der Waals surface area (Å²) >= 11 is 0. The number of nitrogens with two attached hydrogens (primary N) is 1. The molecule has 0 atom stereocenters. The van der Waals surface area contributed by atoms with Crippen LogP contribution in [0, 0.1) is 0 Å². The number of nitrogens with one attached hydrogen (secondary N) is 1. The molecule has 3 N–H and O–H groups in total. The number of amides is 1. The Hall–Kier alpha value is -2.63. The highest BCUT2D eigenvalue weighted by Crippen LogP contribution is 2.30. The molecule has 1 amide bonds. The predicted molar refractivity (Wildman–Crippen MR) is 104 cm³/mol. The van der Waals surface area contributed by atoms with Gasteiger partial charge in [-0.3, -0.25) is 9.78 Å². The van der Waals surface area contributed by atoms with Gasteiger partial charge in [-0.05, 0) is 24.6 Å². The van der Waals surface area contributed by atoms with Crippen LogP contribution in [0.1, 0.15) is 55.8 Å². The Kier molecular flexibility index (Phi) is 5.71. The zero-order valence-corrected chi connectivity index (χ0v) is 15.1. The van der Waals surface area contributed by atoms with Crippen LogP contribution in [0.15, 0.2) is 30.6 Å². The molecule has 0 bridgehead atoms. The van der Waals surface area contributed by atoms with Crippen LogP contribution in [-0.2, 0) is 0 Å². The first kappa shape index (κ1) is 18.2. The number of pyridine rings is 1. The minimum absolute atomic E-state index is 0.337. The monoisotopic (exact) mass is 356 g/mol. The van der Waals surface area contributed by atoms with Crippen molar-refractivity contribution in [2.75, 3.05) is 11.7 Å². The van der Waals surface area contributed by atoms with Crippen LogP contribution in [0.2, 0.25) is 0 Å². The fourth-order valence-electron chi connectivity index (χ4n) is 3.30. The van der Waals surface area contributed by atoms with Crippen molar-refractivity contribution >= 4 is 33.4 Å². The van der Waals surface area contributed by atoms with E-state index in [-0.39, 0.29) is 0 Å². The summed E-state index contributed by atoms with van der Waals surface area (Å²) in [5.74, 6) is -0.537. The van der Waals surface area contributed by atoms with Crippen molar-refractivity contribution in [1.82, 2.24) is 9.97 Å². The molecule has 0 saturated carbocycles. The highest BCUT2D eigenvalue weighted by Gasteiger charge is 2.14. The molecule has 26 heavy (non-hydrogen) atoms. The molecule has 3 aromatic rings. The van der Waals surface area contributed by atoms with Crippen LogP contribution >= 0.6 is 0 Å². The van der Waals surface area contributed by atoms with Crippen LogP contribution in [0.4, 0.5) is 10.2 Å². The fourth-order valence-corrected chi connectivity index (χ4v) is 3.30. The molecule has 1 aromatic carbocycles. The van der Waals surface area contributed by atoms with Gasteiger partial charge in [0.2, 0.25) is 0 Å². The second kappa shape index (κ2) is 8.17. The molecule has 3 rings (SSSR count). The number of unbranched alkanes of at least 4 members (excludes halogenated alkanes) is 5. The third-order valence-corrected chi connectivity index (χ3v) is 4.75. The lowest BCUT2D eigenvalue weighted by molar-refractivity contribution is 0.100. The Labute approximate surface area is 152 Å². The number of fused-ring (bicyclic) bond motifs is 3. The van der Waals surface area contributed by atoms with Gasteiger partial charge in [0.15, 0.2) is 0 Å². The third kappa shape index (κ3) is 3.79. The quantitative estimate of drug-likeness (QED) is 0.424. The minimum atomic E-state index is -0.537. The normalized spacial score (nSPS) is 11.3. The van der Waals surface area contributed by atoms with Crippen molar-refractivity contribution in [1.29, 1.82) is 0 Å². The summed E-state index contributed by atoms with van der Waals surface area (Å²) in [7, 11) is 0. The second-order valence-corrected chi connectivity index (χ2v) is 6.68. The van der Waals surface area contributed by atoms with E-state index in [1.54, 1.807) is 18.3 Å². The van der Waals surface area contributed by atoms with E-state index >= 15 is 0 Å². The van der Waals surface area contributed by atoms with E-state index in [1.807, 2.05) is 6.07 Å². The van der Waals surface area contributed by atoms with Crippen LogP contribution in [-0.4, -0.2) is 22.4 Å². The average molecular weight is 356 g/mol. The predicted octanol–water partition coefficient (Wildman–Crippen LogP) is 4.87. The maximum absolute atomic E-state index is 14.5. The molecule has 0 aliphatic heterocycles. The Bertz CT molecular complexity index is 905. The van der Waals surface area contributed by atoms with Crippen LogP contribution in [0.3, 0.4) is 0 Å². The lowest BCUT2D eigenvalue weighted by atomic mass is 10.1. The van der Waals surface area contributed by atoms with Gasteiger partial charge in [-0.15, -0.1) is 0 Å². The molecule has 5 nitrogen and oxygen atoms in total. The number of benzene rings is 1. The van der Waals surface area contributed by atoms with Crippen molar-refractivity contribution in [2.45, 2.75) is 45.4 Å². The Morgan fingerprint density at radius 1 is 1.15 bits per heavy atom. The highest BCUT2D eigenvalue weighted by atomic mass is 19.2. The summed E-state index contributed by atoms with van der Waals surface area (Å²) in [4.78, 5) is 18.8. The summed E-state index contributed by atoms with van der Waals surface area (Å²) in [5.41, 5.74) is 7.72. The lowest BCUT2D eigenvalue weighted by Crippen LogP contribution is -2.13. The number of aromatic nitrogens is 2. The average Bonchev–Trinajstić information content (AvgIpc) is 3.02. The number of halogens is 1. The minimum Gasteiger partial charge on any atom is -0.365 e. The summed E-state index contributed by atoms with van der Waals surface area (Å²) in [5, 5.41) is 2.40. The maximum atomic E-state index is 14.5. The number of carbonyl (C=O) groups is 1. The molecule has 0 saturated heterocycles. The van der Waals surface area contributed by atoms with Gasteiger partial charge in [0.1, 0.15) is 0 Å². The van der Waals surface area contributed by atoms with Crippen molar-refractivity contribution in [2.24, 2.45) is 5.73 Å². The molecule has 0 aliphatic carbocycles. The van der Waals surface area contributed by atoms with Gasteiger partial charge in [0, 0.05) is 28.7 Å². The van der Waals surface area contributed by atoms with Crippen molar-refractivity contribution < 1.29 is 9.28 Å². The number of aromatic amines is 1. The van der Waals surface area contributed by atoms with E-state index in [1.165, 1.54) is 25.5 Å². The van der Waals surface area contributed by atoms with Gasteiger partial charge in [-0.25, -0.2) is 5.12 Å². The van der Waals surface area contributed by atoms with Gasteiger partial charge in [-0.2, -0.15) is 0 Å². The lowest BCUT2D eigenvalue weighted by Gasteiger charge is -2.14. The molecule has 0 unspecified atom stereocenters. The Morgan fingerprint density at radius 3 is 2.69 bits per heavy atom. The van der Waals surface area contributed by atoms with E-state index in [0.29, 0.717) is 23.3 Å². The number of carbonyl (C=O) groups excluding carboxylic acids is 1. The van der Waals surface area contributed by atoms with E-state index in [2.05, 4.69) is 16.9 Å². The van der Waals surface area contributed by atoms with Gasteiger partial charge < -0.3 is 10.7 Å². The number of H-pyrrole nitrogens is 1. The van der Waals surface area contributed by atoms with Crippen molar-refractivity contribution in [3.8, 4) is 0 Å². The number of hydrogen-bond acceptors (Lipinski definition) is 3. The first-order valence-corrected chi connectivity index (χ1v) is 9.24. The highest BCUT2D eigenvalue weighted by molar-refractivity contribution is 6.14. The van der Waals surface area contributed by atoms with Gasteiger partial charge in [-0.1, -0.05) is 43.5 Å². The zero-order valence-electron chi connectivity index (χ0n) is 15.1. The third-order valence-electron chi connectivity index (χ3n) is 4.75. The Morgan fingerprint density at radius 2 is 1.92 bits per heavy atom. The molecule has 6 heteroatoms. The summed E-state index contributed by atoms with van der Waals surface area (Å²) in [6.45, 7) is 2.57. The molecule has 0 fully saturated rings. The fraction of sp³-hybridized carbons (Fsp3) is 0.400. The zero-order chi connectivity index (χ0) is 18.5. The van der Waals surface area contributed by atoms with Gasteiger partial charge in [0.25, 0.3) is 5.91 Å². The van der Waals surface area contributed by atoms with Crippen LogP contribution in [0.5, 0.6) is 0 Å². The molecular weight excluding hydrogens is 331 g/mol. The molecule has 0 spiro atoms. The van der Waals surface area contributed by atoms with Gasteiger partial charge in [0.05, 0.1) is 23.3 Å². The molecule has 2 heterocycles. The van der Waals surface area contributed by atoms with Crippen molar-refractivity contribution in [3.05, 3.63) is 36.2 Å². The molecule has 0 radical (unpaired) electrons. The van der Waals surface area contributed by atoms with E-state index < -0.39 is 5.91 Å². The maximum Gasteiger partial charge on any atom is 0.252 e. The number of primary amides is 1. The van der Waals surface area contributed by atoms with E-state index in [4.69, 9.17) is 5.73 Å². The first-order valence-electron chi connectivity index (χ1n) is 9.24.